The third kappa shape index (κ3) is 5.94. The van der Waals surface area contributed by atoms with E-state index in [0.29, 0.717) is 18.0 Å². The third-order valence-electron chi connectivity index (χ3n) is 3.41. The van der Waals surface area contributed by atoms with Gasteiger partial charge in [0.1, 0.15) is 19.0 Å². The highest BCUT2D eigenvalue weighted by Crippen LogP contribution is 2.32. The van der Waals surface area contributed by atoms with Gasteiger partial charge in [-0.2, -0.15) is 18.4 Å². The molecule has 5 nitrogen and oxygen atoms in total. The lowest BCUT2D eigenvalue weighted by Gasteiger charge is -2.12. The molecule has 2 rings (SSSR count). The zero-order valence-corrected chi connectivity index (χ0v) is 14.6. The molecular weight excluding hydrogens is 385 g/mol. The number of ketones is 1. The van der Waals surface area contributed by atoms with E-state index in [-0.39, 0.29) is 18.9 Å². The normalized spacial score (nSPS) is 12.3. The van der Waals surface area contributed by atoms with Gasteiger partial charge in [0.15, 0.2) is 11.7 Å². The molecule has 1 heterocycles. The van der Waals surface area contributed by atoms with Crippen LogP contribution in [0.5, 0.6) is 5.75 Å². The van der Waals surface area contributed by atoms with Crippen molar-refractivity contribution in [2.45, 2.75) is 12.1 Å². The first-order valence-corrected chi connectivity index (χ1v) is 8.11. The van der Waals surface area contributed by atoms with Gasteiger partial charge in [-0.25, -0.2) is 0 Å². The van der Waals surface area contributed by atoms with Crippen molar-refractivity contribution >= 4 is 17.4 Å². The fourth-order valence-electron chi connectivity index (χ4n) is 2.09. The summed E-state index contributed by atoms with van der Waals surface area (Å²) in [5.41, 5.74) is -1.30. The van der Waals surface area contributed by atoms with Crippen LogP contribution in [0.25, 0.3) is 0 Å². The second-order valence-corrected chi connectivity index (χ2v) is 5.74. The highest BCUT2D eigenvalue weighted by atomic mass is 35.5. The molecule has 0 bridgehead atoms. The number of halogens is 4. The van der Waals surface area contributed by atoms with Crippen LogP contribution >= 0.6 is 11.6 Å². The van der Waals surface area contributed by atoms with E-state index in [0.717, 1.165) is 0 Å². The number of pyridine rings is 1. The van der Waals surface area contributed by atoms with Crippen molar-refractivity contribution in [3.63, 3.8) is 0 Å². The van der Waals surface area contributed by atoms with Gasteiger partial charge in [0.05, 0.1) is 29.0 Å². The second kappa shape index (κ2) is 9.35. The average molecular weight is 399 g/mol. The molecule has 0 N–H and O–H groups in total. The number of alkyl halides is 3. The highest BCUT2D eigenvalue weighted by molar-refractivity contribution is 6.31. The molecule has 0 saturated heterocycles. The Hall–Kier alpha value is -2.63. The minimum atomic E-state index is -4.62. The quantitative estimate of drug-likeness (QED) is 0.628. The van der Waals surface area contributed by atoms with Crippen molar-refractivity contribution in [1.29, 1.82) is 5.26 Å². The molecule has 0 radical (unpaired) electrons. The Morgan fingerprint density at radius 1 is 1.26 bits per heavy atom. The van der Waals surface area contributed by atoms with E-state index in [1.165, 1.54) is 0 Å². The van der Waals surface area contributed by atoms with Gasteiger partial charge in [0, 0.05) is 6.20 Å². The number of nitrogens with zero attached hydrogens (tertiary/aromatic N) is 2. The van der Waals surface area contributed by atoms with Crippen LogP contribution in [0, 0.1) is 11.3 Å². The lowest BCUT2D eigenvalue weighted by atomic mass is 10.0. The van der Waals surface area contributed by atoms with E-state index in [9.17, 15) is 23.2 Å². The van der Waals surface area contributed by atoms with Gasteiger partial charge < -0.3 is 9.47 Å². The number of carbonyl (C=O) groups is 1. The summed E-state index contributed by atoms with van der Waals surface area (Å²) in [5, 5.41) is 8.78. The Kier molecular flexibility index (Phi) is 7.16. The Balaban J connectivity index is 1.89. The van der Waals surface area contributed by atoms with Crippen molar-refractivity contribution in [1.82, 2.24) is 4.98 Å². The van der Waals surface area contributed by atoms with E-state index in [1.807, 2.05) is 6.07 Å². The monoisotopic (exact) mass is 398 g/mol. The zero-order valence-electron chi connectivity index (χ0n) is 13.9. The van der Waals surface area contributed by atoms with Crippen molar-refractivity contribution < 1.29 is 27.4 Å². The minimum Gasteiger partial charge on any atom is -0.491 e. The van der Waals surface area contributed by atoms with Crippen LogP contribution in [0.4, 0.5) is 13.2 Å². The first-order chi connectivity index (χ1) is 12.8. The van der Waals surface area contributed by atoms with E-state index in [1.54, 1.807) is 30.3 Å². The van der Waals surface area contributed by atoms with E-state index in [4.69, 9.17) is 21.1 Å². The third-order valence-corrected chi connectivity index (χ3v) is 3.71. The van der Waals surface area contributed by atoms with Crippen LogP contribution in [0.1, 0.15) is 17.2 Å². The Labute approximate surface area is 158 Å². The van der Waals surface area contributed by atoms with Gasteiger partial charge >= 0.3 is 6.18 Å². The number of para-hydroxylation sites is 1. The number of rotatable bonds is 8. The lowest BCUT2D eigenvalue weighted by Crippen LogP contribution is -2.20. The predicted octanol–water partition coefficient (Wildman–Crippen LogP) is 4.03. The van der Waals surface area contributed by atoms with Crippen LogP contribution in [0.15, 0.2) is 42.6 Å². The standard InChI is InChI=1S/C18H14ClF3N2O3/c19-15-8-12(18(20,21)22)10-24-17(15)14(9-23)16(25)11-26-6-7-27-13-4-2-1-3-5-13/h1-5,8,10,14H,6-7,11H2. The van der Waals surface area contributed by atoms with Gasteiger partial charge in [-0.1, -0.05) is 29.8 Å². The van der Waals surface area contributed by atoms with E-state index >= 15 is 0 Å². The second-order valence-electron chi connectivity index (χ2n) is 5.33. The van der Waals surface area contributed by atoms with Gasteiger partial charge in [-0.05, 0) is 18.2 Å². The van der Waals surface area contributed by atoms with E-state index < -0.39 is 35.1 Å². The van der Waals surface area contributed by atoms with Crippen LogP contribution in [-0.4, -0.2) is 30.6 Å². The number of nitriles is 1. The maximum absolute atomic E-state index is 12.6. The number of benzene rings is 1. The molecule has 27 heavy (non-hydrogen) atoms. The molecule has 1 aromatic heterocycles. The fourth-order valence-corrected chi connectivity index (χ4v) is 2.37. The molecule has 0 aliphatic rings. The first kappa shape index (κ1) is 20.7. The first-order valence-electron chi connectivity index (χ1n) is 7.73. The molecule has 1 aromatic carbocycles. The molecule has 1 unspecified atom stereocenters. The lowest BCUT2D eigenvalue weighted by molar-refractivity contribution is -0.137. The summed E-state index contributed by atoms with van der Waals surface area (Å²) >= 11 is 5.78. The molecule has 9 heteroatoms. The van der Waals surface area contributed by atoms with Gasteiger partial charge in [-0.3, -0.25) is 9.78 Å². The molecule has 1 atom stereocenters. The Bertz CT molecular complexity index is 823. The molecule has 0 fully saturated rings. The van der Waals surface area contributed by atoms with Crippen LogP contribution < -0.4 is 4.74 Å². The molecule has 0 saturated carbocycles. The molecule has 2 aromatic rings. The summed E-state index contributed by atoms with van der Waals surface area (Å²) in [6.45, 7) is -0.143. The van der Waals surface area contributed by atoms with Crippen LogP contribution in [-0.2, 0) is 15.7 Å². The highest BCUT2D eigenvalue weighted by Gasteiger charge is 2.33. The number of ether oxygens (including phenoxy) is 2. The fraction of sp³-hybridized carbons (Fsp3) is 0.278. The maximum atomic E-state index is 12.6. The van der Waals surface area contributed by atoms with E-state index in [2.05, 4.69) is 4.98 Å². The van der Waals surface area contributed by atoms with Gasteiger partial charge in [0.2, 0.25) is 0 Å². The summed E-state index contributed by atoms with van der Waals surface area (Å²) in [6.07, 6.45) is -4.09. The molecule has 0 aliphatic carbocycles. The average Bonchev–Trinajstić information content (AvgIpc) is 2.63. The maximum Gasteiger partial charge on any atom is 0.417 e. The number of carbonyl (C=O) groups excluding carboxylic acids is 1. The summed E-state index contributed by atoms with van der Waals surface area (Å²) in [5.74, 6) is -1.44. The predicted molar refractivity (Wildman–Crippen MR) is 90.4 cm³/mol. The zero-order chi connectivity index (χ0) is 19.9. The van der Waals surface area contributed by atoms with Crippen molar-refractivity contribution in [3.05, 3.63) is 58.9 Å². The molecular formula is C18H14ClF3N2O3. The van der Waals surface area contributed by atoms with Crippen LogP contribution in [0.2, 0.25) is 5.02 Å². The van der Waals surface area contributed by atoms with Crippen molar-refractivity contribution in [2.75, 3.05) is 19.8 Å². The van der Waals surface area contributed by atoms with Gasteiger partial charge in [0.25, 0.3) is 0 Å². The Morgan fingerprint density at radius 2 is 1.96 bits per heavy atom. The SMILES string of the molecule is N#CC(C(=O)COCCOc1ccccc1)c1ncc(C(F)(F)F)cc1Cl. The number of aromatic nitrogens is 1. The molecule has 142 valence electrons. The number of hydrogen-bond donors (Lipinski definition) is 0. The molecule has 0 spiro atoms. The largest absolute Gasteiger partial charge is 0.491 e. The van der Waals surface area contributed by atoms with Crippen LogP contribution in [0.3, 0.4) is 0 Å². The molecule has 0 aliphatic heterocycles. The number of Topliss-reactive ketones (excluding diaryl/α,β-unsaturated/α-hetero) is 1. The summed E-state index contributed by atoms with van der Waals surface area (Å²) in [6, 6.07) is 11.3. The topological polar surface area (TPSA) is 72.2 Å². The summed E-state index contributed by atoms with van der Waals surface area (Å²) < 4.78 is 48.5. The molecule has 0 amide bonds. The summed E-state index contributed by atoms with van der Waals surface area (Å²) in [7, 11) is 0. The van der Waals surface area contributed by atoms with Gasteiger partial charge in [-0.15, -0.1) is 0 Å². The number of hydrogen-bond acceptors (Lipinski definition) is 5. The van der Waals surface area contributed by atoms with Crippen molar-refractivity contribution in [2.24, 2.45) is 0 Å². The summed E-state index contributed by atoms with van der Waals surface area (Å²) in [4.78, 5) is 15.7. The Morgan fingerprint density at radius 3 is 2.56 bits per heavy atom. The minimum absolute atomic E-state index is 0.0902. The smallest absolute Gasteiger partial charge is 0.417 e. The van der Waals surface area contributed by atoms with Crippen molar-refractivity contribution in [3.8, 4) is 11.8 Å².